The highest BCUT2D eigenvalue weighted by molar-refractivity contribution is 5.93. The van der Waals surface area contributed by atoms with Crippen molar-refractivity contribution in [2.24, 2.45) is 0 Å². The van der Waals surface area contributed by atoms with Gasteiger partial charge in [-0.25, -0.2) is 5.48 Å². The number of benzene rings is 1. The van der Waals surface area contributed by atoms with Crippen LogP contribution < -0.4 is 5.48 Å². The molecule has 13 heavy (non-hydrogen) atoms. The Bertz CT molecular complexity index is 299. The number of hydroxylamine groups is 1. The van der Waals surface area contributed by atoms with E-state index in [4.69, 9.17) is 9.94 Å². The molecule has 0 saturated carbocycles. The summed E-state index contributed by atoms with van der Waals surface area (Å²) in [6, 6.07) is 6.05. The van der Waals surface area contributed by atoms with Gasteiger partial charge in [-0.1, -0.05) is 6.07 Å². The Kier molecular flexibility index (Phi) is 3.28. The summed E-state index contributed by atoms with van der Waals surface area (Å²) in [6.45, 7) is 2.17. The summed E-state index contributed by atoms with van der Waals surface area (Å²) < 4.78 is 0. The predicted molar refractivity (Wildman–Crippen MR) is 47.2 cm³/mol. The predicted octanol–water partition coefficient (Wildman–Crippen LogP) is 1.07. The molecule has 0 saturated heterocycles. The van der Waals surface area contributed by atoms with Gasteiger partial charge in [0.1, 0.15) is 5.75 Å². The normalized spacial score (nSPS) is 9.62. The molecule has 4 heteroatoms. The molecule has 0 bridgehead atoms. The smallest absolute Gasteiger partial charge is 0.274 e. The van der Waals surface area contributed by atoms with Crippen LogP contribution in [0.15, 0.2) is 24.3 Å². The molecule has 0 aliphatic carbocycles. The summed E-state index contributed by atoms with van der Waals surface area (Å²) in [7, 11) is 0. The SMILES string of the molecule is CCONC(=O)c1cccc(O)c1. The highest BCUT2D eigenvalue weighted by Crippen LogP contribution is 2.10. The monoisotopic (exact) mass is 181 g/mol. The minimum Gasteiger partial charge on any atom is -0.508 e. The zero-order valence-electron chi connectivity index (χ0n) is 7.28. The van der Waals surface area contributed by atoms with Crippen molar-refractivity contribution in [3.63, 3.8) is 0 Å². The van der Waals surface area contributed by atoms with Gasteiger partial charge < -0.3 is 5.11 Å². The lowest BCUT2D eigenvalue weighted by Crippen LogP contribution is -2.23. The van der Waals surface area contributed by atoms with Crippen LogP contribution in [-0.4, -0.2) is 17.6 Å². The minimum atomic E-state index is -0.363. The van der Waals surface area contributed by atoms with E-state index in [0.717, 1.165) is 0 Å². The van der Waals surface area contributed by atoms with Gasteiger partial charge in [-0.05, 0) is 25.1 Å². The maximum atomic E-state index is 11.2. The van der Waals surface area contributed by atoms with Crippen LogP contribution in [0.1, 0.15) is 17.3 Å². The molecule has 4 nitrogen and oxygen atoms in total. The molecule has 1 aromatic carbocycles. The first kappa shape index (κ1) is 9.54. The van der Waals surface area contributed by atoms with Crippen molar-refractivity contribution in [3.05, 3.63) is 29.8 Å². The second kappa shape index (κ2) is 4.47. The Balaban J connectivity index is 2.66. The van der Waals surface area contributed by atoms with Crippen molar-refractivity contribution < 1.29 is 14.7 Å². The van der Waals surface area contributed by atoms with Gasteiger partial charge in [0.25, 0.3) is 5.91 Å². The first-order chi connectivity index (χ1) is 6.24. The summed E-state index contributed by atoms with van der Waals surface area (Å²) in [5.41, 5.74) is 2.59. The maximum absolute atomic E-state index is 11.2. The minimum absolute atomic E-state index is 0.0594. The van der Waals surface area contributed by atoms with Crippen molar-refractivity contribution in [3.8, 4) is 5.75 Å². The first-order valence-corrected chi connectivity index (χ1v) is 3.95. The van der Waals surface area contributed by atoms with E-state index in [1.54, 1.807) is 19.1 Å². The topological polar surface area (TPSA) is 58.6 Å². The Labute approximate surface area is 76.1 Å². The number of nitrogens with one attached hydrogen (secondary N) is 1. The van der Waals surface area contributed by atoms with Crippen molar-refractivity contribution in [2.45, 2.75) is 6.92 Å². The highest BCUT2D eigenvalue weighted by atomic mass is 16.6. The summed E-state index contributed by atoms with van der Waals surface area (Å²) in [5, 5.41) is 9.07. The van der Waals surface area contributed by atoms with E-state index in [1.807, 2.05) is 0 Å². The second-order valence-electron chi connectivity index (χ2n) is 2.41. The van der Waals surface area contributed by atoms with Gasteiger partial charge in [0.15, 0.2) is 0 Å². The number of phenolic OH excluding ortho intramolecular Hbond substituents is 1. The molecule has 1 rings (SSSR count). The number of phenols is 1. The van der Waals surface area contributed by atoms with Crippen LogP contribution in [0.5, 0.6) is 5.75 Å². The number of amides is 1. The zero-order chi connectivity index (χ0) is 9.68. The molecule has 0 aliphatic heterocycles. The van der Waals surface area contributed by atoms with Gasteiger partial charge in [0, 0.05) is 5.56 Å². The Hall–Kier alpha value is -1.55. The van der Waals surface area contributed by atoms with Crippen LogP contribution in [0.25, 0.3) is 0 Å². The molecule has 1 amide bonds. The summed E-state index contributed by atoms with van der Waals surface area (Å²) in [4.78, 5) is 15.9. The molecule has 0 aromatic heterocycles. The van der Waals surface area contributed by atoms with Crippen LogP contribution in [0.2, 0.25) is 0 Å². The Morgan fingerprint density at radius 1 is 1.62 bits per heavy atom. The van der Waals surface area contributed by atoms with Gasteiger partial charge in [0.2, 0.25) is 0 Å². The van der Waals surface area contributed by atoms with E-state index < -0.39 is 0 Å². The molecule has 0 fully saturated rings. The zero-order valence-corrected chi connectivity index (χ0v) is 7.28. The van der Waals surface area contributed by atoms with E-state index >= 15 is 0 Å². The summed E-state index contributed by atoms with van der Waals surface area (Å²) in [5.74, 6) is -0.304. The van der Waals surface area contributed by atoms with E-state index in [1.165, 1.54) is 12.1 Å². The molecule has 0 unspecified atom stereocenters. The molecule has 0 atom stereocenters. The molecule has 0 spiro atoms. The average Bonchev–Trinajstić information content (AvgIpc) is 2.14. The van der Waals surface area contributed by atoms with Crippen LogP contribution >= 0.6 is 0 Å². The molecule has 0 aliphatic rings. The van der Waals surface area contributed by atoms with Gasteiger partial charge in [-0.3, -0.25) is 9.63 Å². The van der Waals surface area contributed by atoms with Crippen molar-refractivity contribution >= 4 is 5.91 Å². The van der Waals surface area contributed by atoms with E-state index in [2.05, 4.69) is 5.48 Å². The fourth-order valence-electron chi connectivity index (χ4n) is 0.844. The molecular weight excluding hydrogens is 170 g/mol. The van der Waals surface area contributed by atoms with Gasteiger partial charge >= 0.3 is 0 Å². The maximum Gasteiger partial charge on any atom is 0.274 e. The van der Waals surface area contributed by atoms with Crippen molar-refractivity contribution in [2.75, 3.05) is 6.61 Å². The first-order valence-electron chi connectivity index (χ1n) is 3.95. The highest BCUT2D eigenvalue weighted by Gasteiger charge is 2.04. The third-order valence-electron chi connectivity index (χ3n) is 1.42. The number of rotatable bonds is 3. The lowest BCUT2D eigenvalue weighted by atomic mass is 10.2. The fraction of sp³-hybridized carbons (Fsp3) is 0.222. The third-order valence-corrected chi connectivity index (χ3v) is 1.42. The summed E-state index contributed by atoms with van der Waals surface area (Å²) >= 11 is 0. The Morgan fingerprint density at radius 2 is 2.38 bits per heavy atom. The number of hydrogen-bond acceptors (Lipinski definition) is 3. The lowest BCUT2D eigenvalue weighted by molar-refractivity contribution is 0.0364. The van der Waals surface area contributed by atoms with E-state index in [0.29, 0.717) is 12.2 Å². The molecule has 0 heterocycles. The van der Waals surface area contributed by atoms with Gasteiger partial charge in [0.05, 0.1) is 6.61 Å². The Morgan fingerprint density at radius 3 is 3.00 bits per heavy atom. The fourth-order valence-corrected chi connectivity index (χ4v) is 0.844. The van der Waals surface area contributed by atoms with Crippen molar-refractivity contribution in [1.82, 2.24) is 5.48 Å². The number of carbonyl (C=O) groups is 1. The summed E-state index contributed by atoms with van der Waals surface area (Å²) in [6.07, 6.45) is 0. The average molecular weight is 181 g/mol. The second-order valence-corrected chi connectivity index (χ2v) is 2.41. The lowest BCUT2D eigenvalue weighted by Gasteiger charge is -2.03. The molecular formula is C9H11NO3. The molecule has 2 N–H and O–H groups in total. The molecule has 0 radical (unpaired) electrons. The van der Waals surface area contributed by atoms with Crippen LogP contribution in [-0.2, 0) is 4.84 Å². The third kappa shape index (κ3) is 2.76. The quantitative estimate of drug-likeness (QED) is 0.686. The van der Waals surface area contributed by atoms with E-state index in [9.17, 15) is 4.79 Å². The number of hydrogen-bond donors (Lipinski definition) is 2. The molecule has 1 aromatic rings. The van der Waals surface area contributed by atoms with Crippen molar-refractivity contribution in [1.29, 1.82) is 0 Å². The number of carbonyl (C=O) groups excluding carboxylic acids is 1. The van der Waals surface area contributed by atoms with Gasteiger partial charge in [-0.15, -0.1) is 0 Å². The largest absolute Gasteiger partial charge is 0.508 e. The van der Waals surface area contributed by atoms with Crippen LogP contribution in [0.3, 0.4) is 0 Å². The van der Waals surface area contributed by atoms with Crippen LogP contribution in [0.4, 0.5) is 0 Å². The van der Waals surface area contributed by atoms with Crippen LogP contribution in [0, 0.1) is 0 Å². The molecule has 70 valence electrons. The van der Waals surface area contributed by atoms with E-state index in [-0.39, 0.29) is 11.7 Å². The standard InChI is InChI=1S/C9H11NO3/c1-2-13-10-9(12)7-4-3-5-8(11)6-7/h3-6,11H,2H2,1H3,(H,10,12). The number of aromatic hydroxyl groups is 1. The van der Waals surface area contributed by atoms with Gasteiger partial charge in [-0.2, -0.15) is 0 Å².